The Bertz CT molecular complexity index is 336. The Labute approximate surface area is 111 Å². The maximum atomic E-state index is 3.62. The summed E-state index contributed by atoms with van der Waals surface area (Å²) in [7, 11) is 0. The molecular weight excluding hydrogens is 220 g/mol. The van der Waals surface area contributed by atoms with Crippen molar-refractivity contribution in [2.24, 2.45) is 5.92 Å². The molecule has 0 radical (unpaired) electrons. The van der Waals surface area contributed by atoms with E-state index in [2.05, 4.69) is 54.4 Å². The first-order valence-corrected chi connectivity index (χ1v) is 7.34. The number of rotatable bonds is 6. The van der Waals surface area contributed by atoms with Gasteiger partial charge in [0.05, 0.1) is 0 Å². The summed E-state index contributed by atoms with van der Waals surface area (Å²) in [5, 5.41) is 3.62. The highest BCUT2D eigenvalue weighted by Crippen LogP contribution is 2.22. The molecule has 0 amide bonds. The first-order valence-electron chi connectivity index (χ1n) is 7.34. The molecule has 1 aliphatic rings. The second-order valence-corrected chi connectivity index (χ2v) is 5.34. The summed E-state index contributed by atoms with van der Waals surface area (Å²) in [6.07, 6.45) is 2.71. The van der Waals surface area contributed by atoms with E-state index in [-0.39, 0.29) is 0 Å². The van der Waals surface area contributed by atoms with Crippen molar-refractivity contribution in [3.8, 4) is 0 Å². The number of hydrogen-bond acceptors (Lipinski definition) is 2. The van der Waals surface area contributed by atoms with E-state index in [9.17, 15) is 0 Å². The number of benzene rings is 1. The van der Waals surface area contributed by atoms with Gasteiger partial charge in [-0.25, -0.2) is 0 Å². The van der Waals surface area contributed by atoms with Gasteiger partial charge in [0.15, 0.2) is 0 Å². The minimum absolute atomic E-state index is 0.479. The van der Waals surface area contributed by atoms with Crippen molar-refractivity contribution in [1.82, 2.24) is 10.2 Å². The molecule has 0 bridgehead atoms. The van der Waals surface area contributed by atoms with Gasteiger partial charge in [0, 0.05) is 19.1 Å². The Kier molecular flexibility index (Phi) is 5.21. The fourth-order valence-corrected chi connectivity index (χ4v) is 2.89. The van der Waals surface area contributed by atoms with Crippen LogP contribution in [-0.4, -0.2) is 31.1 Å². The van der Waals surface area contributed by atoms with E-state index in [1.807, 2.05) is 0 Å². The third-order valence-corrected chi connectivity index (χ3v) is 4.04. The monoisotopic (exact) mass is 246 g/mol. The zero-order chi connectivity index (χ0) is 12.8. The van der Waals surface area contributed by atoms with Crippen molar-refractivity contribution in [1.29, 1.82) is 0 Å². The van der Waals surface area contributed by atoms with Gasteiger partial charge in [0.1, 0.15) is 0 Å². The predicted octanol–water partition coefficient (Wildman–Crippen LogP) is 3.07. The molecule has 0 aliphatic carbocycles. The average molecular weight is 246 g/mol. The molecule has 1 N–H and O–H groups in total. The first-order chi connectivity index (χ1) is 8.83. The molecule has 2 nitrogen and oxygen atoms in total. The van der Waals surface area contributed by atoms with Crippen molar-refractivity contribution >= 4 is 0 Å². The third-order valence-electron chi connectivity index (χ3n) is 4.04. The maximum absolute atomic E-state index is 3.62. The van der Waals surface area contributed by atoms with E-state index in [1.165, 1.54) is 31.5 Å². The molecule has 0 saturated carbocycles. The van der Waals surface area contributed by atoms with Crippen LogP contribution in [0.25, 0.3) is 0 Å². The van der Waals surface area contributed by atoms with Gasteiger partial charge in [-0.05, 0) is 31.0 Å². The van der Waals surface area contributed by atoms with E-state index in [0.717, 1.165) is 19.0 Å². The van der Waals surface area contributed by atoms with Crippen molar-refractivity contribution in [2.75, 3.05) is 26.2 Å². The summed E-state index contributed by atoms with van der Waals surface area (Å²) in [5.74, 6) is 0.919. The van der Waals surface area contributed by atoms with Gasteiger partial charge >= 0.3 is 0 Å². The van der Waals surface area contributed by atoms with E-state index in [4.69, 9.17) is 0 Å². The lowest BCUT2D eigenvalue weighted by Crippen LogP contribution is -2.34. The largest absolute Gasteiger partial charge is 0.309 e. The minimum atomic E-state index is 0.479. The molecule has 1 aromatic rings. The predicted molar refractivity (Wildman–Crippen MR) is 77.7 cm³/mol. The summed E-state index contributed by atoms with van der Waals surface area (Å²) in [6.45, 7) is 9.24. The van der Waals surface area contributed by atoms with E-state index >= 15 is 0 Å². The summed E-state index contributed by atoms with van der Waals surface area (Å²) in [6, 6.07) is 11.3. The van der Waals surface area contributed by atoms with Crippen LogP contribution in [0.3, 0.4) is 0 Å². The Morgan fingerprint density at radius 3 is 2.67 bits per heavy atom. The summed E-state index contributed by atoms with van der Waals surface area (Å²) < 4.78 is 0. The highest BCUT2D eigenvalue weighted by atomic mass is 15.2. The fraction of sp³-hybridized carbons (Fsp3) is 0.625. The fourth-order valence-electron chi connectivity index (χ4n) is 2.89. The summed E-state index contributed by atoms with van der Waals surface area (Å²) in [4.78, 5) is 2.62. The molecule has 2 atom stereocenters. The zero-order valence-corrected chi connectivity index (χ0v) is 11.7. The Morgan fingerprint density at radius 2 is 2.06 bits per heavy atom. The Balaban J connectivity index is 1.95. The van der Waals surface area contributed by atoms with E-state index in [0.29, 0.717) is 6.04 Å². The van der Waals surface area contributed by atoms with Gasteiger partial charge in [-0.1, -0.05) is 50.6 Å². The lowest BCUT2D eigenvalue weighted by atomic mass is 10.1. The molecule has 1 heterocycles. The highest BCUT2D eigenvalue weighted by molar-refractivity contribution is 5.19. The maximum Gasteiger partial charge on any atom is 0.0449 e. The van der Waals surface area contributed by atoms with Crippen molar-refractivity contribution in [3.05, 3.63) is 35.9 Å². The number of likely N-dealkylation sites (N-methyl/N-ethyl adjacent to an activating group) is 1. The average Bonchev–Trinajstić information content (AvgIpc) is 2.87. The zero-order valence-electron chi connectivity index (χ0n) is 11.7. The van der Waals surface area contributed by atoms with Crippen LogP contribution >= 0.6 is 0 Å². The second kappa shape index (κ2) is 6.91. The van der Waals surface area contributed by atoms with E-state index < -0.39 is 0 Å². The molecule has 0 aromatic heterocycles. The molecule has 1 fully saturated rings. The van der Waals surface area contributed by atoms with Crippen LogP contribution in [0.4, 0.5) is 0 Å². The molecule has 1 saturated heterocycles. The van der Waals surface area contributed by atoms with Crippen LogP contribution in [0.15, 0.2) is 30.3 Å². The molecule has 2 heteroatoms. The van der Waals surface area contributed by atoms with Crippen molar-refractivity contribution in [3.63, 3.8) is 0 Å². The second-order valence-electron chi connectivity index (χ2n) is 5.34. The molecule has 1 aromatic carbocycles. The van der Waals surface area contributed by atoms with Crippen LogP contribution in [-0.2, 0) is 0 Å². The van der Waals surface area contributed by atoms with Gasteiger partial charge in [-0.15, -0.1) is 0 Å². The normalized spacial score (nSPS) is 22.2. The van der Waals surface area contributed by atoms with Crippen LogP contribution in [0.2, 0.25) is 0 Å². The van der Waals surface area contributed by atoms with Gasteiger partial charge in [0.2, 0.25) is 0 Å². The van der Waals surface area contributed by atoms with Crippen LogP contribution in [0.5, 0.6) is 0 Å². The lowest BCUT2D eigenvalue weighted by Gasteiger charge is -2.25. The van der Waals surface area contributed by atoms with Crippen LogP contribution < -0.4 is 5.32 Å². The number of likely N-dealkylation sites (tertiary alicyclic amines) is 1. The number of nitrogens with one attached hydrogen (secondary N) is 1. The smallest absolute Gasteiger partial charge is 0.0449 e. The van der Waals surface area contributed by atoms with Crippen molar-refractivity contribution < 1.29 is 0 Å². The van der Waals surface area contributed by atoms with Gasteiger partial charge in [-0.2, -0.15) is 0 Å². The standard InChI is InChI=1S/C16H26N2/c1-3-14-10-11-18(12-14)13-16(17-4-2)15-8-6-5-7-9-15/h5-9,14,16-17H,3-4,10-13H2,1-2H3. The molecular formula is C16H26N2. The van der Waals surface area contributed by atoms with Gasteiger partial charge < -0.3 is 10.2 Å². The lowest BCUT2D eigenvalue weighted by molar-refractivity contribution is 0.283. The summed E-state index contributed by atoms with van der Waals surface area (Å²) >= 11 is 0. The molecule has 0 spiro atoms. The van der Waals surface area contributed by atoms with Gasteiger partial charge in [-0.3, -0.25) is 0 Å². The topological polar surface area (TPSA) is 15.3 Å². The van der Waals surface area contributed by atoms with Crippen LogP contribution in [0.1, 0.15) is 38.3 Å². The van der Waals surface area contributed by atoms with Crippen LogP contribution in [0, 0.1) is 5.92 Å². The van der Waals surface area contributed by atoms with E-state index in [1.54, 1.807) is 0 Å². The molecule has 2 unspecified atom stereocenters. The molecule has 18 heavy (non-hydrogen) atoms. The number of nitrogens with zero attached hydrogens (tertiary/aromatic N) is 1. The molecule has 2 rings (SSSR count). The quantitative estimate of drug-likeness (QED) is 0.830. The Morgan fingerprint density at radius 1 is 1.28 bits per heavy atom. The molecule has 1 aliphatic heterocycles. The summed E-state index contributed by atoms with van der Waals surface area (Å²) in [5.41, 5.74) is 1.42. The van der Waals surface area contributed by atoms with Crippen molar-refractivity contribution in [2.45, 2.75) is 32.7 Å². The highest BCUT2D eigenvalue weighted by Gasteiger charge is 2.23. The molecule has 100 valence electrons. The minimum Gasteiger partial charge on any atom is -0.309 e. The van der Waals surface area contributed by atoms with Gasteiger partial charge in [0.25, 0.3) is 0 Å². The Hall–Kier alpha value is -0.860. The third kappa shape index (κ3) is 3.56. The first kappa shape index (κ1) is 13.6. The number of hydrogen-bond donors (Lipinski definition) is 1. The SMILES string of the molecule is CCNC(CN1CCC(CC)C1)c1ccccc1.